The molecule has 0 aliphatic carbocycles. The Balaban J connectivity index is 1.55. The van der Waals surface area contributed by atoms with Gasteiger partial charge in [-0.3, -0.25) is 19.8 Å². The molecule has 35 heavy (non-hydrogen) atoms. The van der Waals surface area contributed by atoms with Crippen LogP contribution >= 0.6 is 46.3 Å². The minimum absolute atomic E-state index is 0.0160. The van der Waals surface area contributed by atoms with E-state index >= 15 is 0 Å². The highest BCUT2D eigenvalue weighted by Gasteiger charge is 2.41. The molecule has 11 heteroatoms. The molecular weight excluding hydrogens is 527 g/mol. The van der Waals surface area contributed by atoms with E-state index in [4.69, 9.17) is 23.2 Å². The molecule has 1 atom stereocenters. The zero-order chi connectivity index (χ0) is 24.5. The van der Waals surface area contributed by atoms with E-state index in [9.17, 15) is 14.9 Å². The highest BCUT2D eigenvalue weighted by Crippen LogP contribution is 2.51. The fraction of sp³-hybridized carbons (Fsp3) is 0.0417. The van der Waals surface area contributed by atoms with Crippen LogP contribution < -0.4 is 4.90 Å². The van der Waals surface area contributed by atoms with Gasteiger partial charge in [-0.1, -0.05) is 82.7 Å². The Labute approximate surface area is 218 Å². The molecule has 174 valence electrons. The van der Waals surface area contributed by atoms with Crippen LogP contribution in [0, 0.1) is 10.1 Å². The van der Waals surface area contributed by atoms with Crippen LogP contribution in [0.25, 0.3) is 16.6 Å². The van der Waals surface area contributed by atoms with Gasteiger partial charge in [-0.15, -0.1) is 10.2 Å². The SMILES string of the molecule is O=C1/C(=C/c2ccccc2Cl)SC(c2ccccc2Cl)N1c1nnc(-c2ccc([N+](=O)[O-])cc2)s1. The first-order valence-corrected chi connectivity index (χ1v) is 12.7. The topological polar surface area (TPSA) is 89.2 Å². The zero-order valence-electron chi connectivity index (χ0n) is 17.7. The molecule has 3 aromatic carbocycles. The van der Waals surface area contributed by atoms with E-state index in [0.29, 0.717) is 30.7 Å². The van der Waals surface area contributed by atoms with E-state index in [2.05, 4.69) is 10.2 Å². The van der Waals surface area contributed by atoms with E-state index < -0.39 is 10.3 Å². The fourth-order valence-electron chi connectivity index (χ4n) is 3.50. The lowest BCUT2D eigenvalue weighted by atomic mass is 10.2. The number of thioether (sulfide) groups is 1. The van der Waals surface area contributed by atoms with Gasteiger partial charge in [-0.25, -0.2) is 0 Å². The van der Waals surface area contributed by atoms with Crippen molar-refractivity contribution in [3.8, 4) is 10.6 Å². The number of amides is 1. The molecule has 2 heterocycles. The third-order valence-electron chi connectivity index (χ3n) is 5.21. The summed E-state index contributed by atoms with van der Waals surface area (Å²) in [6.07, 6.45) is 1.76. The van der Waals surface area contributed by atoms with Crippen molar-refractivity contribution in [3.05, 3.63) is 109 Å². The summed E-state index contributed by atoms with van der Waals surface area (Å²) in [6.45, 7) is 0. The number of benzene rings is 3. The van der Waals surface area contributed by atoms with Gasteiger partial charge in [-0.05, 0) is 35.9 Å². The van der Waals surface area contributed by atoms with Gasteiger partial charge in [-0.2, -0.15) is 0 Å². The van der Waals surface area contributed by atoms with E-state index in [1.807, 2.05) is 36.4 Å². The van der Waals surface area contributed by atoms with Crippen molar-refractivity contribution >= 4 is 69.1 Å². The number of nitro groups is 1. The summed E-state index contributed by atoms with van der Waals surface area (Å²) in [7, 11) is 0. The Kier molecular flexibility index (Phi) is 6.57. The minimum atomic E-state index is -0.462. The maximum absolute atomic E-state index is 13.6. The van der Waals surface area contributed by atoms with Gasteiger partial charge in [0.25, 0.3) is 11.6 Å². The molecule has 1 aromatic heterocycles. The first-order chi connectivity index (χ1) is 16.9. The summed E-state index contributed by atoms with van der Waals surface area (Å²) < 4.78 is 0. The van der Waals surface area contributed by atoms with Crippen LogP contribution in [0.3, 0.4) is 0 Å². The summed E-state index contributed by atoms with van der Waals surface area (Å²) in [5.41, 5.74) is 2.15. The standard InChI is InChI=1S/C24H14Cl2N4O3S2/c25-18-7-3-1-5-15(18)13-20-22(31)29(23(34-20)17-6-2-4-8-19(17)26)24-28-27-21(35-24)14-9-11-16(12-10-14)30(32)33/h1-13,23H/b20-13-. The highest BCUT2D eigenvalue weighted by molar-refractivity contribution is 8.05. The Hall–Kier alpha value is -3.24. The molecule has 0 spiro atoms. The first kappa shape index (κ1) is 23.5. The molecule has 5 rings (SSSR count). The zero-order valence-corrected chi connectivity index (χ0v) is 20.8. The molecule has 0 radical (unpaired) electrons. The number of carbonyl (C=O) groups is 1. The van der Waals surface area contributed by atoms with Gasteiger partial charge in [0, 0.05) is 33.3 Å². The largest absolute Gasteiger partial charge is 0.269 e. The third-order valence-corrected chi connectivity index (χ3v) is 8.11. The first-order valence-electron chi connectivity index (χ1n) is 10.2. The van der Waals surface area contributed by atoms with E-state index in [0.717, 1.165) is 11.1 Å². The molecule has 0 saturated carbocycles. The molecule has 0 bridgehead atoms. The monoisotopic (exact) mass is 540 g/mol. The molecule has 4 aromatic rings. The number of nitro benzene ring substituents is 1. The van der Waals surface area contributed by atoms with Crippen LogP contribution in [-0.4, -0.2) is 21.0 Å². The highest BCUT2D eigenvalue weighted by atomic mass is 35.5. The van der Waals surface area contributed by atoms with Gasteiger partial charge >= 0.3 is 0 Å². The number of nitrogens with zero attached hydrogens (tertiary/aromatic N) is 4. The van der Waals surface area contributed by atoms with E-state index in [1.54, 1.807) is 35.2 Å². The number of halogens is 2. The minimum Gasteiger partial charge on any atom is -0.268 e. The smallest absolute Gasteiger partial charge is 0.268 e. The second-order valence-electron chi connectivity index (χ2n) is 7.39. The quantitative estimate of drug-likeness (QED) is 0.150. The lowest BCUT2D eigenvalue weighted by Gasteiger charge is -2.21. The lowest BCUT2D eigenvalue weighted by molar-refractivity contribution is -0.384. The van der Waals surface area contributed by atoms with Crippen LogP contribution in [-0.2, 0) is 4.79 Å². The van der Waals surface area contributed by atoms with Crippen molar-refractivity contribution in [2.24, 2.45) is 0 Å². The van der Waals surface area contributed by atoms with Crippen molar-refractivity contribution in [1.29, 1.82) is 0 Å². The van der Waals surface area contributed by atoms with Crippen LogP contribution in [0.15, 0.2) is 77.7 Å². The Morgan fingerprint density at radius 2 is 1.63 bits per heavy atom. The second-order valence-corrected chi connectivity index (χ2v) is 10.3. The van der Waals surface area contributed by atoms with Crippen molar-refractivity contribution in [1.82, 2.24) is 10.2 Å². The normalized spacial score (nSPS) is 16.7. The Morgan fingerprint density at radius 3 is 2.31 bits per heavy atom. The molecule has 1 unspecified atom stereocenters. The van der Waals surface area contributed by atoms with Gasteiger partial charge in [0.2, 0.25) is 5.13 Å². The number of hydrogen-bond acceptors (Lipinski definition) is 7. The summed E-state index contributed by atoms with van der Waals surface area (Å²) in [6, 6.07) is 20.7. The summed E-state index contributed by atoms with van der Waals surface area (Å²) >= 11 is 15.4. The number of anilines is 1. The predicted molar refractivity (Wildman–Crippen MR) is 141 cm³/mol. The van der Waals surface area contributed by atoms with Crippen molar-refractivity contribution in [2.45, 2.75) is 5.37 Å². The van der Waals surface area contributed by atoms with Gasteiger partial charge in [0.1, 0.15) is 10.4 Å². The average Bonchev–Trinajstić information content (AvgIpc) is 3.46. The van der Waals surface area contributed by atoms with Gasteiger partial charge < -0.3 is 0 Å². The molecule has 1 fully saturated rings. The maximum Gasteiger partial charge on any atom is 0.269 e. The maximum atomic E-state index is 13.6. The molecule has 1 saturated heterocycles. The number of rotatable bonds is 5. The molecule has 0 N–H and O–H groups in total. The predicted octanol–water partition coefficient (Wildman–Crippen LogP) is 7.24. The van der Waals surface area contributed by atoms with Crippen LogP contribution in [0.1, 0.15) is 16.5 Å². The summed E-state index contributed by atoms with van der Waals surface area (Å²) in [5.74, 6) is -0.244. The van der Waals surface area contributed by atoms with Crippen molar-refractivity contribution in [3.63, 3.8) is 0 Å². The lowest BCUT2D eigenvalue weighted by Crippen LogP contribution is -2.27. The fourth-order valence-corrected chi connectivity index (χ4v) is 6.20. The number of hydrogen-bond donors (Lipinski definition) is 0. The van der Waals surface area contributed by atoms with Crippen LogP contribution in [0.4, 0.5) is 10.8 Å². The number of non-ortho nitro benzene ring substituents is 1. The molecule has 1 aliphatic heterocycles. The number of aromatic nitrogens is 2. The Bertz CT molecular complexity index is 1470. The molecule has 1 amide bonds. The van der Waals surface area contributed by atoms with E-state index in [-0.39, 0.29) is 11.6 Å². The van der Waals surface area contributed by atoms with Crippen LogP contribution in [0.5, 0.6) is 0 Å². The van der Waals surface area contributed by atoms with E-state index in [1.165, 1.54) is 35.2 Å². The Morgan fingerprint density at radius 1 is 0.943 bits per heavy atom. The number of carbonyl (C=O) groups excluding carboxylic acids is 1. The van der Waals surface area contributed by atoms with Crippen LogP contribution in [0.2, 0.25) is 10.0 Å². The third kappa shape index (κ3) is 4.68. The van der Waals surface area contributed by atoms with Crippen molar-refractivity contribution < 1.29 is 9.72 Å². The average molecular weight is 541 g/mol. The van der Waals surface area contributed by atoms with Gasteiger partial charge in [0.05, 0.1) is 9.83 Å². The van der Waals surface area contributed by atoms with Crippen molar-refractivity contribution in [2.75, 3.05) is 4.90 Å². The molecule has 1 aliphatic rings. The molecular formula is C24H14Cl2N4O3S2. The summed E-state index contributed by atoms with van der Waals surface area (Å²) in [4.78, 5) is 26.2. The second kappa shape index (κ2) is 9.79. The molecule has 7 nitrogen and oxygen atoms in total. The summed E-state index contributed by atoms with van der Waals surface area (Å²) in [5, 5.41) is 21.0. The van der Waals surface area contributed by atoms with Gasteiger partial charge in [0.15, 0.2) is 0 Å².